The van der Waals surface area contributed by atoms with E-state index in [9.17, 15) is 4.79 Å². The third kappa shape index (κ3) is 2.26. The number of halogens is 1. The van der Waals surface area contributed by atoms with Crippen LogP contribution in [0.5, 0.6) is 0 Å². The smallest absolute Gasteiger partial charge is 0.265 e. The van der Waals surface area contributed by atoms with Gasteiger partial charge in [0.05, 0.1) is 19.2 Å². The highest BCUT2D eigenvalue weighted by Crippen LogP contribution is 2.24. The van der Waals surface area contributed by atoms with Gasteiger partial charge in [0.25, 0.3) is 5.91 Å². The van der Waals surface area contributed by atoms with Crippen LogP contribution in [0.3, 0.4) is 0 Å². The molecule has 0 spiro atoms. The molecule has 1 atom stereocenters. The second-order valence-electron chi connectivity index (χ2n) is 3.34. The summed E-state index contributed by atoms with van der Waals surface area (Å²) in [6.45, 7) is 1.31. The summed E-state index contributed by atoms with van der Waals surface area (Å²) in [4.78, 5) is 14.4. The number of rotatable bonds is 1. The standard InChI is InChI=1S/C10H9BrN2O2S/c11-8-1-4-16-9(8)10(14)13-2-3-15-7(5-12)6-13/h1,4,7H,2-3,6H2. The van der Waals surface area contributed by atoms with Gasteiger partial charge in [-0.2, -0.15) is 5.26 Å². The molecule has 1 aromatic rings. The largest absolute Gasteiger partial charge is 0.360 e. The molecule has 1 unspecified atom stereocenters. The van der Waals surface area contributed by atoms with Crippen LogP contribution in [0.1, 0.15) is 9.67 Å². The number of nitriles is 1. The van der Waals surface area contributed by atoms with E-state index in [2.05, 4.69) is 15.9 Å². The molecular formula is C10H9BrN2O2S. The van der Waals surface area contributed by atoms with E-state index in [0.29, 0.717) is 24.6 Å². The number of ether oxygens (including phenoxy) is 1. The van der Waals surface area contributed by atoms with Crippen LogP contribution in [0.2, 0.25) is 0 Å². The Balaban J connectivity index is 2.11. The van der Waals surface area contributed by atoms with Gasteiger partial charge in [-0.15, -0.1) is 11.3 Å². The molecule has 0 saturated carbocycles. The number of nitrogens with zero attached hydrogens (tertiary/aromatic N) is 2. The van der Waals surface area contributed by atoms with Crippen molar-refractivity contribution in [1.29, 1.82) is 5.26 Å². The molecule has 16 heavy (non-hydrogen) atoms. The molecule has 0 bridgehead atoms. The Morgan fingerprint density at radius 2 is 2.56 bits per heavy atom. The van der Waals surface area contributed by atoms with Crippen molar-refractivity contribution in [2.45, 2.75) is 6.10 Å². The number of thiophene rings is 1. The number of carbonyl (C=O) groups is 1. The average Bonchev–Trinajstić information content (AvgIpc) is 2.74. The van der Waals surface area contributed by atoms with Gasteiger partial charge >= 0.3 is 0 Å². The van der Waals surface area contributed by atoms with Crippen molar-refractivity contribution in [1.82, 2.24) is 4.90 Å². The van der Waals surface area contributed by atoms with E-state index < -0.39 is 6.10 Å². The van der Waals surface area contributed by atoms with Crippen molar-refractivity contribution < 1.29 is 9.53 Å². The van der Waals surface area contributed by atoms with E-state index >= 15 is 0 Å². The van der Waals surface area contributed by atoms with E-state index in [-0.39, 0.29) is 5.91 Å². The zero-order valence-electron chi connectivity index (χ0n) is 8.35. The summed E-state index contributed by atoms with van der Waals surface area (Å²) >= 11 is 4.73. The summed E-state index contributed by atoms with van der Waals surface area (Å²) in [5.74, 6) is -0.0366. The van der Waals surface area contributed by atoms with E-state index in [0.717, 1.165) is 4.47 Å². The van der Waals surface area contributed by atoms with Crippen LogP contribution in [-0.2, 0) is 4.74 Å². The van der Waals surface area contributed by atoms with E-state index in [4.69, 9.17) is 10.00 Å². The highest BCUT2D eigenvalue weighted by molar-refractivity contribution is 9.10. The molecule has 0 aromatic carbocycles. The van der Waals surface area contributed by atoms with Crippen molar-refractivity contribution in [3.05, 3.63) is 20.8 Å². The molecule has 4 nitrogen and oxygen atoms in total. The molecule has 1 aromatic heterocycles. The minimum Gasteiger partial charge on any atom is -0.360 e. The molecule has 2 heterocycles. The van der Waals surface area contributed by atoms with Crippen LogP contribution in [0.25, 0.3) is 0 Å². The summed E-state index contributed by atoms with van der Waals surface area (Å²) in [6, 6.07) is 3.87. The van der Waals surface area contributed by atoms with Crippen LogP contribution in [0.4, 0.5) is 0 Å². The van der Waals surface area contributed by atoms with Crippen molar-refractivity contribution in [3.8, 4) is 6.07 Å². The fraction of sp³-hybridized carbons (Fsp3) is 0.400. The first-order valence-electron chi connectivity index (χ1n) is 4.76. The van der Waals surface area contributed by atoms with Gasteiger partial charge in [0.1, 0.15) is 4.88 Å². The molecule has 1 aliphatic heterocycles. The van der Waals surface area contributed by atoms with Gasteiger partial charge in [-0.25, -0.2) is 0 Å². The van der Waals surface area contributed by atoms with E-state index in [1.165, 1.54) is 11.3 Å². The van der Waals surface area contributed by atoms with Crippen LogP contribution in [0, 0.1) is 11.3 Å². The molecule has 1 amide bonds. The highest BCUT2D eigenvalue weighted by Gasteiger charge is 2.26. The van der Waals surface area contributed by atoms with E-state index in [1.807, 2.05) is 17.5 Å². The summed E-state index contributed by atoms with van der Waals surface area (Å²) in [5.41, 5.74) is 0. The van der Waals surface area contributed by atoms with Gasteiger partial charge in [0.15, 0.2) is 6.10 Å². The van der Waals surface area contributed by atoms with Crippen LogP contribution in [0.15, 0.2) is 15.9 Å². The van der Waals surface area contributed by atoms with Crippen molar-refractivity contribution >= 4 is 33.2 Å². The summed E-state index contributed by atoms with van der Waals surface area (Å²) in [6.07, 6.45) is -0.503. The lowest BCUT2D eigenvalue weighted by Gasteiger charge is -2.29. The topological polar surface area (TPSA) is 53.3 Å². The van der Waals surface area contributed by atoms with Crippen LogP contribution >= 0.6 is 27.3 Å². The quantitative estimate of drug-likeness (QED) is 0.796. The van der Waals surface area contributed by atoms with Crippen LogP contribution < -0.4 is 0 Å². The Kier molecular flexibility index (Phi) is 3.59. The first-order valence-corrected chi connectivity index (χ1v) is 6.43. The summed E-state index contributed by atoms with van der Waals surface area (Å²) in [7, 11) is 0. The zero-order chi connectivity index (χ0) is 11.5. The van der Waals surface area contributed by atoms with Crippen LogP contribution in [-0.4, -0.2) is 36.6 Å². The average molecular weight is 301 g/mol. The first kappa shape index (κ1) is 11.6. The lowest BCUT2D eigenvalue weighted by atomic mass is 10.3. The minimum atomic E-state index is -0.503. The van der Waals surface area contributed by atoms with Crippen molar-refractivity contribution in [2.75, 3.05) is 19.7 Å². The molecule has 1 aliphatic rings. The number of carbonyl (C=O) groups excluding carboxylic acids is 1. The Morgan fingerprint density at radius 1 is 1.75 bits per heavy atom. The molecule has 0 radical (unpaired) electrons. The molecule has 2 rings (SSSR count). The third-order valence-corrected chi connectivity index (χ3v) is 4.13. The van der Waals surface area contributed by atoms with Gasteiger partial charge in [-0.1, -0.05) is 0 Å². The maximum Gasteiger partial charge on any atom is 0.265 e. The zero-order valence-corrected chi connectivity index (χ0v) is 10.8. The second-order valence-corrected chi connectivity index (χ2v) is 5.11. The minimum absolute atomic E-state index is 0.0366. The Hall–Kier alpha value is -0.900. The molecule has 0 aliphatic carbocycles. The fourth-order valence-electron chi connectivity index (χ4n) is 1.50. The maximum atomic E-state index is 12.1. The van der Waals surface area contributed by atoms with Gasteiger partial charge in [-0.05, 0) is 27.4 Å². The number of hydrogen-bond donors (Lipinski definition) is 0. The Labute approximate surface area is 106 Å². The SMILES string of the molecule is N#CC1CN(C(=O)c2sccc2Br)CCO1. The third-order valence-electron chi connectivity index (χ3n) is 2.31. The first-order chi connectivity index (χ1) is 7.72. The van der Waals surface area contributed by atoms with Gasteiger partial charge in [-0.3, -0.25) is 4.79 Å². The summed E-state index contributed by atoms with van der Waals surface area (Å²) in [5, 5.41) is 10.6. The normalized spacial score (nSPS) is 20.5. The number of amides is 1. The molecule has 1 saturated heterocycles. The van der Waals surface area contributed by atoms with E-state index in [1.54, 1.807) is 4.90 Å². The second kappa shape index (κ2) is 4.95. The highest BCUT2D eigenvalue weighted by atomic mass is 79.9. The molecule has 84 valence electrons. The monoisotopic (exact) mass is 300 g/mol. The molecular weight excluding hydrogens is 292 g/mol. The molecule has 0 N–H and O–H groups in total. The maximum absolute atomic E-state index is 12.1. The van der Waals surface area contributed by atoms with Gasteiger partial charge in [0, 0.05) is 11.0 Å². The number of morpholine rings is 1. The van der Waals surface area contributed by atoms with Crippen molar-refractivity contribution in [2.24, 2.45) is 0 Å². The predicted octanol–water partition coefficient (Wildman–Crippen LogP) is 1.88. The molecule has 6 heteroatoms. The van der Waals surface area contributed by atoms with Crippen molar-refractivity contribution in [3.63, 3.8) is 0 Å². The number of hydrogen-bond acceptors (Lipinski definition) is 4. The summed E-state index contributed by atoms with van der Waals surface area (Å²) < 4.78 is 6.00. The Morgan fingerprint density at radius 3 is 3.19 bits per heavy atom. The predicted molar refractivity (Wildman–Crippen MR) is 63.3 cm³/mol. The lowest BCUT2D eigenvalue weighted by Crippen LogP contribution is -2.44. The van der Waals surface area contributed by atoms with Gasteiger partial charge < -0.3 is 9.64 Å². The Bertz CT molecular complexity index is 440. The van der Waals surface area contributed by atoms with Gasteiger partial charge in [0.2, 0.25) is 0 Å². The molecule has 1 fully saturated rings. The fourth-order valence-corrected chi connectivity index (χ4v) is 3.01. The lowest BCUT2D eigenvalue weighted by molar-refractivity contribution is 0.00365.